The van der Waals surface area contributed by atoms with Crippen LogP contribution in [0.25, 0.3) is 0 Å². The normalized spacial score (nSPS) is 11.1. The maximum Gasteiger partial charge on any atom is 0.337 e. The highest BCUT2D eigenvalue weighted by Crippen LogP contribution is 2.15. The standard InChI is InChI=1S/C9H13N3O4S/c1-17(15,16)3-2-11-8-7(10)4-6(5-12-8)9(13)14/h4-5H,2-3,10H2,1H3,(H,11,12)(H,13,14). The molecule has 1 aromatic rings. The lowest BCUT2D eigenvalue weighted by atomic mass is 10.2. The highest BCUT2D eigenvalue weighted by molar-refractivity contribution is 7.90. The average Bonchev–Trinajstić information content (AvgIpc) is 2.18. The highest BCUT2D eigenvalue weighted by atomic mass is 32.2. The smallest absolute Gasteiger partial charge is 0.337 e. The number of sulfone groups is 1. The molecule has 0 saturated heterocycles. The summed E-state index contributed by atoms with van der Waals surface area (Å²) in [5.74, 6) is -0.889. The van der Waals surface area contributed by atoms with Gasteiger partial charge in [0.25, 0.3) is 0 Å². The van der Waals surface area contributed by atoms with Crippen LogP contribution in [0, 0.1) is 0 Å². The van der Waals surface area contributed by atoms with Crippen LogP contribution in [0.15, 0.2) is 12.3 Å². The molecule has 8 heteroatoms. The van der Waals surface area contributed by atoms with Crippen molar-refractivity contribution in [2.45, 2.75) is 0 Å². The van der Waals surface area contributed by atoms with Crippen LogP contribution in [0.1, 0.15) is 10.4 Å². The number of aromatic carboxylic acids is 1. The van der Waals surface area contributed by atoms with Crippen molar-refractivity contribution in [3.05, 3.63) is 17.8 Å². The number of hydrogen-bond donors (Lipinski definition) is 3. The van der Waals surface area contributed by atoms with Crippen LogP contribution in [0.5, 0.6) is 0 Å². The second-order valence-electron chi connectivity index (χ2n) is 3.52. The van der Waals surface area contributed by atoms with Crippen molar-refractivity contribution in [2.75, 3.05) is 29.6 Å². The molecule has 4 N–H and O–H groups in total. The van der Waals surface area contributed by atoms with Gasteiger partial charge >= 0.3 is 5.97 Å². The Balaban J connectivity index is 2.70. The van der Waals surface area contributed by atoms with Crippen LogP contribution in [-0.4, -0.2) is 43.0 Å². The molecule has 0 aromatic carbocycles. The second kappa shape index (κ2) is 5.00. The zero-order valence-corrected chi connectivity index (χ0v) is 9.99. The van der Waals surface area contributed by atoms with E-state index in [0.717, 1.165) is 12.5 Å². The van der Waals surface area contributed by atoms with E-state index in [0.29, 0.717) is 0 Å². The summed E-state index contributed by atoms with van der Waals surface area (Å²) in [4.78, 5) is 14.4. The van der Waals surface area contributed by atoms with E-state index in [4.69, 9.17) is 10.8 Å². The predicted octanol–water partition coefficient (Wildman–Crippen LogP) is -0.182. The molecule has 0 spiro atoms. The minimum absolute atomic E-state index is 0.0174. The number of carbonyl (C=O) groups is 1. The van der Waals surface area contributed by atoms with E-state index in [1.165, 1.54) is 6.07 Å². The van der Waals surface area contributed by atoms with Gasteiger partial charge in [0.2, 0.25) is 0 Å². The number of nitrogens with zero attached hydrogens (tertiary/aromatic N) is 1. The minimum Gasteiger partial charge on any atom is -0.478 e. The van der Waals surface area contributed by atoms with E-state index >= 15 is 0 Å². The molecule has 0 amide bonds. The molecule has 94 valence electrons. The number of carboxylic acid groups (broad SMARTS) is 1. The van der Waals surface area contributed by atoms with Crippen LogP contribution in [0.3, 0.4) is 0 Å². The Hall–Kier alpha value is -1.83. The number of hydrogen-bond acceptors (Lipinski definition) is 6. The largest absolute Gasteiger partial charge is 0.478 e. The highest BCUT2D eigenvalue weighted by Gasteiger charge is 2.08. The quantitative estimate of drug-likeness (QED) is 0.670. The van der Waals surface area contributed by atoms with Crippen molar-refractivity contribution in [3.63, 3.8) is 0 Å². The Morgan fingerprint density at radius 3 is 2.71 bits per heavy atom. The molecule has 0 atom stereocenters. The van der Waals surface area contributed by atoms with Gasteiger partial charge in [0.15, 0.2) is 0 Å². The van der Waals surface area contributed by atoms with Gasteiger partial charge < -0.3 is 16.2 Å². The van der Waals surface area contributed by atoms with Crippen molar-refractivity contribution >= 4 is 27.3 Å². The lowest BCUT2D eigenvalue weighted by Crippen LogP contribution is -2.16. The lowest BCUT2D eigenvalue weighted by molar-refractivity contribution is 0.0696. The van der Waals surface area contributed by atoms with Gasteiger partial charge in [-0.1, -0.05) is 0 Å². The molecule has 0 aliphatic carbocycles. The number of nitrogens with two attached hydrogens (primary N) is 1. The zero-order chi connectivity index (χ0) is 13.1. The lowest BCUT2D eigenvalue weighted by Gasteiger charge is -2.07. The molecule has 0 aliphatic heterocycles. The third kappa shape index (κ3) is 4.27. The van der Waals surface area contributed by atoms with Crippen molar-refractivity contribution in [2.24, 2.45) is 0 Å². The molecule has 7 nitrogen and oxygen atoms in total. The number of anilines is 2. The summed E-state index contributed by atoms with van der Waals surface area (Å²) in [5, 5.41) is 11.4. The summed E-state index contributed by atoms with van der Waals surface area (Å²) in [6.07, 6.45) is 2.28. The molecule has 1 heterocycles. The number of carboxylic acids is 1. The van der Waals surface area contributed by atoms with Crippen molar-refractivity contribution in [1.82, 2.24) is 4.98 Å². The van der Waals surface area contributed by atoms with E-state index in [-0.39, 0.29) is 29.4 Å². The number of pyridine rings is 1. The second-order valence-corrected chi connectivity index (χ2v) is 5.78. The summed E-state index contributed by atoms with van der Waals surface area (Å²) in [6.45, 7) is 0.169. The third-order valence-corrected chi connectivity index (χ3v) is 2.88. The fraction of sp³-hybridized carbons (Fsp3) is 0.333. The van der Waals surface area contributed by atoms with E-state index in [1.54, 1.807) is 0 Å². The van der Waals surface area contributed by atoms with Gasteiger partial charge in [0.1, 0.15) is 15.7 Å². The zero-order valence-electron chi connectivity index (χ0n) is 9.17. The fourth-order valence-corrected chi connectivity index (χ4v) is 1.57. The first-order chi connectivity index (χ1) is 7.79. The maximum absolute atomic E-state index is 10.9. The first kappa shape index (κ1) is 13.2. The minimum atomic E-state index is -3.05. The Bertz CT molecular complexity index is 527. The first-order valence-electron chi connectivity index (χ1n) is 4.70. The van der Waals surface area contributed by atoms with Crippen LogP contribution in [-0.2, 0) is 9.84 Å². The number of nitrogens with one attached hydrogen (secondary N) is 1. The molecule has 0 unspecified atom stereocenters. The summed E-state index contributed by atoms with van der Waals surface area (Å²) >= 11 is 0. The molecule has 17 heavy (non-hydrogen) atoms. The van der Waals surface area contributed by atoms with E-state index < -0.39 is 15.8 Å². The van der Waals surface area contributed by atoms with Gasteiger partial charge in [-0.15, -0.1) is 0 Å². The van der Waals surface area contributed by atoms with E-state index in [9.17, 15) is 13.2 Å². The fourth-order valence-electron chi connectivity index (χ4n) is 1.10. The molecular formula is C9H13N3O4S. The molecule has 0 saturated carbocycles. The van der Waals surface area contributed by atoms with Gasteiger partial charge in [0, 0.05) is 19.0 Å². The van der Waals surface area contributed by atoms with E-state index in [1.807, 2.05) is 0 Å². The van der Waals surface area contributed by atoms with Gasteiger partial charge in [-0.25, -0.2) is 18.2 Å². The topological polar surface area (TPSA) is 122 Å². The van der Waals surface area contributed by atoms with Crippen LogP contribution >= 0.6 is 0 Å². The molecular weight excluding hydrogens is 246 g/mol. The Morgan fingerprint density at radius 1 is 1.59 bits per heavy atom. The van der Waals surface area contributed by atoms with E-state index in [2.05, 4.69) is 10.3 Å². The predicted molar refractivity (Wildman–Crippen MR) is 63.8 cm³/mol. The Morgan fingerprint density at radius 2 is 2.24 bits per heavy atom. The van der Waals surface area contributed by atoms with Crippen molar-refractivity contribution in [1.29, 1.82) is 0 Å². The summed E-state index contributed by atoms with van der Waals surface area (Å²) in [7, 11) is -3.05. The molecule has 1 rings (SSSR count). The molecule has 1 aromatic heterocycles. The first-order valence-corrected chi connectivity index (χ1v) is 6.76. The maximum atomic E-state index is 10.9. The molecule has 0 bridgehead atoms. The summed E-state index contributed by atoms with van der Waals surface area (Å²) < 4.78 is 21.8. The summed E-state index contributed by atoms with van der Waals surface area (Å²) in [5.41, 5.74) is 5.72. The average molecular weight is 259 g/mol. The monoisotopic (exact) mass is 259 g/mol. The van der Waals surface area contributed by atoms with Gasteiger partial charge in [-0.2, -0.15) is 0 Å². The SMILES string of the molecule is CS(=O)(=O)CCNc1ncc(C(=O)O)cc1N. The van der Waals surface area contributed by atoms with Gasteiger partial charge in [-0.05, 0) is 6.07 Å². The Kier molecular flexibility index (Phi) is 3.89. The molecule has 0 aliphatic rings. The van der Waals surface area contributed by atoms with Crippen molar-refractivity contribution in [3.8, 4) is 0 Å². The molecule has 0 fully saturated rings. The van der Waals surface area contributed by atoms with Gasteiger partial charge in [-0.3, -0.25) is 0 Å². The Labute approximate surface area is 98.6 Å². The van der Waals surface area contributed by atoms with Crippen LogP contribution in [0.4, 0.5) is 11.5 Å². The molecule has 0 radical (unpaired) electrons. The summed E-state index contributed by atoms with van der Waals surface area (Å²) in [6, 6.07) is 1.26. The van der Waals surface area contributed by atoms with Crippen LogP contribution in [0.2, 0.25) is 0 Å². The third-order valence-electron chi connectivity index (χ3n) is 1.93. The number of aromatic nitrogens is 1. The number of nitrogen functional groups attached to an aromatic ring is 1. The van der Waals surface area contributed by atoms with Gasteiger partial charge in [0.05, 0.1) is 17.0 Å². The van der Waals surface area contributed by atoms with Crippen molar-refractivity contribution < 1.29 is 18.3 Å². The van der Waals surface area contributed by atoms with Crippen LogP contribution < -0.4 is 11.1 Å². The number of rotatable bonds is 5.